The fraction of sp³-hybridized carbons (Fsp3) is 0.0714. The first kappa shape index (κ1) is 14.8. The van der Waals surface area contributed by atoms with Crippen LogP contribution in [0.15, 0.2) is 49.8 Å². The van der Waals surface area contributed by atoms with E-state index in [0.717, 1.165) is 24.7 Å². The minimum atomic E-state index is -0.132. The standard InChI is InChI=1S/C14H10Br3NO/c1-8-4-9(6-11(16)5-8)14(19)18-13-3-2-10(15)7-12(13)17/h2-7H,1H3,(H,18,19). The topological polar surface area (TPSA) is 29.1 Å². The van der Waals surface area contributed by atoms with Crippen LogP contribution in [0.25, 0.3) is 0 Å². The van der Waals surface area contributed by atoms with Crippen molar-refractivity contribution in [3.05, 3.63) is 60.9 Å². The number of aryl methyl sites for hydroxylation is 1. The molecule has 2 nitrogen and oxygen atoms in total. The molecule has 0 aliphatic carbocycles. The van der Waals surface area contributed by atoms with Crippen molar-refractivity contribution in [3.63, 3.8) is 0 Å². The molecule has 0 bridgehead atoms. The molecule has 0 spiro atoms. The van der Waals surface area contributed by atoms with Crippen LogP contribution in [0.1, 0.15) is 15.9 Å². The number of carbonyl (C=O) groups is 1. The maximum absolute atomic E-state index is 12.2. The van der Waals surface area contributed by atoms with Crippen molar-refractivity contribution in [2.24, 2.45) is 0 Å². The van der Waals surface area contributed by atoms with Crippen molar-refractivity contribution in [3.8, 4) is 0 Å². The molecule has 0 saturated carbocycles. The minimum absolute atomic E-state index is 0.132. The van der Waals surface area contributed by atoms with E-state index in [4.69, 9.17) is 0 Å². The molecule has 19 heavy (non-hydrogen) atoms. The summed E-state index contributed by atoms with van der Waals surface area (Å²) in [6.45, 7) is 1.96. The molecule has 0 fully saturated rings. The molecule has 98 valence electrons. The predicted octanol–water partition coefficient (Wildman–Crippen LogP) is 5.53. The molecular formula is C14H10Br3NO. The van der Waals surface area contributed by atoms with Crippen LogP contribution in [-0.4, -0.2) is 5.91 Å². The lowest BCUT2D eigenvalue weighted by atomic mass is 10.1. The highest BCUT2D eigenvalue weighted by Crippen LogP contribution is 2.27. The number of rotatable bonds is 2. The molecule has 0 atom stereocenters. The van der Waals surface area contributed by atoms with E-state index >= 15 is 0 Å². The van der Waals surface area contributed by atoms with E-state index < -0.39 is 0 Å². The second-order valence-corrected chi connectivity index (χ2v) is 6.78. The van der Waals surface area contributed by atoms with E-state index in [1.807, 2.05) is 37.3 Å². The third kappa shape index (κ3) is 3.91. The summed E-state index contributed by atoms with van der Waals surface area (Å²) in [5.74, 6) is -0.132. The third-order valence-electron chi connectivity index (χ3n) is 2.48. The van der Waals surface area contributed by atoms with Gasteiger partial charge in [0.05, 0.1) is 5.69 Å². The third-order valence-corrected chi connectivity index (χ3v) is 4.09. The molecule has 5 heteroatoms. The molecule has 0 unspecified atom stereocenters. The Kier molecular flexibility index (Phi) is 4.81. The Morgan fingerprint density at radius 1 is 1.00 bits per heavy atom. The molecule has 1 N–H and O–H groups in total. The summed E-state index contributed by atoms with van der Waals surface area (Å²) in [7, 11) is 0. The quantitative estimate of drug-likeness (QED) is 0.643. The molecule has 0 aliphatic rings. The van der Waals surface area contributed by atoms with E-state index in [2.05, 4.69) is 53.1 Å². The summed E-state index contributed by atoms with van der Waals surface area (Å²) >= 11 is 10.2. The monoisotopic (exact) mass is 445 g/mol. The molecule has 0 aliphatic heterocycles. The number of carbonyl (C=O) groups excluding carboxylic acids is 1. The summed E-state index contributed by atoms with van der Waals surface area (Å²) in [6, 6.07) is 11.2. The van der Waals surface area contributed by atoms with Crippen molar-refractivity contribution in [2.45, 2.75) is 6.92 Å². The highest BCUT2D eigenvalue weighted by Gasteiger charge is 2.09. The highest BCUT2D eigenvalue weighted by atomic mass is 79.9. The smallest absolute Gasteiger partial charge is 0.255 e. The van der Waals surface area contributed by atoms with E-state index in [0.29, 0.717) is 5.56 Å². The second-order valence-electron chi connectivity index (χ2n) is 4.10. The molecule has 2 aromatic rings. The average molecular weight is 448 g/mol. The molecule has 1 amide bonds. The second kappa shape index (κ2) is 6.20. The summed E-state index contributed by atoms with van der Waals surface area (Å²) in [5, 5.41) is 2.88. The van der Waals surface area contributed by atoms with Crippen molar-refractivity contribution in [1.82, 2.24) is 0 Å². The van der Waals surface area contributed by atoms with Crippen LogP contribution in [0.4, 0.5) is 5.69 Å². The van der Waals surface area contributed by atoms with Gasteiger partial charge in [-0.1, -0.05) is 31.9 Å². The van der Waals surface area contributed by atoms with Gasteiger partial charge in [-0.3, -0.25) is 4.79 Å². The summed E-state index contributed by atoms with van der Waals surface area (Å²) in [4.78, 5) is 12.2. The Morgan fingerprint density at radius 2 is 1.74 bits per heavy atom. The first-order chi connectivity index (χ1) is 8.95. The van der Waals surface area contributed by atoms with E-state index in [-0.39, 0.29) is 5.91 Å². The Morgan fingerprint density at radius 3 is 2.37 bits per heavy atom. The van der Waals surface area contributed by atoms with Gasteiger partial charge in [0, 0.05) is 19.0 Å². The van der Waals surface area contributed by atoms with Crippen LogP contribution in [0.5, 0.6) is 0 Å². The lowest BCUT2D eigenvalue weighted by Crippen LogP contribution is -2.12. The maximum atomic E-state index is 12.2. The first-order valence-electron chi connectivity index (χ1n) is 5.49. The molecule has 0 radical (unpaired) electrons. The maximum Gasteiger partial charge on any atom is 0.255 e. The lowest BCUT2D eigenvalue weighted by Gasteiger charge is -2.09. The SMILES string of the molecule is Cc1cc(Br)cc(C(=O)Nc2ccc(Br)cc2Br)c1. The van der Waals surface area contributed by atoms with Gasteiger partial charge in [-0.25, -0.2) is 0 Å². The van der Waals surface area contributed by atoms with Gasteiger partial charge in [-0.2, -0.15) is 0 Å². The predicted molar refractivity (Wildman–Crippen MR) is 88.7 cm³/mol. The number of benzene rings is 2. The number of halogens is 3. The fourth-order valence-corrected chi connectivity index (χ4v) is 3.41. The Hall–Kier alpha value is -0.650. The summed E-state index contributed by atoms with van der Waals surface area (Å²) < 4.78 is 2.69. The van der Waals surface area contributed by atoms with Crippen LogP contribution in [0, 0.1) is 6.92 Å². The van der Waals surface area contributed by atoms with Crippen molar-refractivity contribution in [1.29, 1.82) is 0 Å². The summed E-state index contributed by atoms with van der Waals surface area (Å²) in [6.07, 6.45) is 0. The Bertz CT molecular complexity index is 620. The zero-order chi connectivity index (χ0) is 14.0. The van der Waals surface area contributed by atoms with Gasteiger partial charge in [-0.05, 0) is 64.8 Å². The van der Waals surface area contributed by atoms with Crippen LogP contribution >= 0.6 is 47.8 Å². The number of hydrogen-bond acceptors (Lipinski definition) is 1. The van der Waals surface area contributed by atoms with E-state index in [1.165, 1.54) is 0 Å². The van der Waals surface area contributed by atoms with Gasteiger partial charge in [0.2, 0.25) is 0 Å². The van der Waals surface area contributed by atoms with Gasteiger partial charge >= 0.3 is 0 Å². The van der Waals surface area contributed by atoms with Gasteiger partial charge in [0.1, 0.15) is 0 Å². The van der Waals surface area contributed by atoms with Crippen molar-refractivity contribution < 1.29 is 4.79 Å². The number of nitrogens with one attached hydrogen (secondary N) is 1. The molecule has 0 aromatic heterocycles. The Balaban J connectivity index is 2.25. The van der Waals surface area contributed by atoms with E-state index in [9.17, 15) is 4.79 Å². The van der Waals surface area contributed by atoms with Gasteiger partial charge < -0.3 is 5.32 Å². The molecule has 2 aromatic carbocycles. The van der Waals surface area contributed by atoms with Crippen LogP contribution in [-0.2, 0) is 0 Å². The van der Waals surface area contributed by atoms with Gasteiger partial charge in [-0.15, -0.1) is 0 Å². The highest BCUT2D eigenvalue weighted by molar-refractivity contribution is 9.11. The van der Waals surface area contributed by atoms with Gasteiger partial charge in [0.15, 0.2) is 0 Å². The fourth-order valence-electron chi connectivity index (χ4n) is 1.65. The summed E-state index contributed by atoms with van der Waals surface area (Å²) in [5.41, 5.74) is 2.40. The molecule has 0 saturated heterocycles. The zero-order valence-corrected chi connectivity index (χ0v) is 14.8. The normalized spacial score (nSPS) is 10.3. The van der Waals surface area contributed by atoms with Crippen molar-refractivity contribution in [2.75, 3.05) is 5.32 Å². The largest absolute Gasteiger partial charge is 0.321 e. The van der Waals surface area contributed by atoms with Crippen molar-refractivity contribution >= 4 is 59.4 Å². The number of amides is 1. The molecular weight excluding hydrogens is 438 g/mol. The molecule has 2 rings (SSSR count). The lowest BCUT2D eigenvalue weighted by molar-refractivity contribution is 0.102. The van der Waals surface area contributed by atoms with Crippen LogP contribution < -0.4 is 5.32 Å². The first-order valence-corrected chi connectivity index (χ1v) is 7.87. The van der Waals surface area contributed by atoms with Crippen LogP contribution in [0.2, 0.25) is 0 Å². The van der Waals surface area contributed by atoms with Crippen LogP contribution in [0.3, 0.4) is 0 Å². The van der Waals surface area contributed by atoms with E-state index in [1.54, 1.807) is 6.07 Å². The van der Waals surface area contributed by atoms with Gasteiger partial charge in [0.25, 0.3) is 5.91 Å². The molecule has 0 heterocycles. The average Bonchev–Trinajstić information content (AvgIpc) is 2.31. The zero-order valence-electron chi connectivity index (χ0n) is 10.0. The Labute approximate surface area is 137 Å². The minimum Gasteiger partial charge on any atom is -0.321 e. The number of anilines is 1. The number of hydrogen-bond donors (Lipinski definition) is 1.